The third-order valence-electron chi connectivity index (χ3n) is 4.05. The molecular formula is C14H25N3OS. The third-order valence-corrected chi connectivity index (χ3v) is 5.21. The topological polar surface area (TPSA) is 64.9 Å². The zero-order valence-corrected chi connectivity index (χ0v) is 12.8. The molecule has 1 aliphatic carbocycles. The van der Waals surface area contributed by atoms with E-state index in [0.717, 1.165) is 36.1 Å². The third kappa shape index (κ3) is 3.72. The summed E-state index contributed by atoms with van der Waals surface area (Å²) in [4.78, 5) is 4.50. The van der Waals surface area contributed by atoms with Gasteiger partial charge in [0, 0.05) is 0 Å². The second kappa shape index (κ2) is 6.75. The molecule has 2 rings (SSSR count). The number of nitrogens with zero attached hydrogens (tertiary/aromatic N) is 2. The van der Waals surface area contributed by atoms with Gasteiger partial charge in [0.2, 0.25) is 5.89 Å². The van der Waals surface area contributed by atoms with Gasteiger partial charge in [0.05, 0.1) is 11.3 Å². The number of nitrogens with two attached hydrogens (primary N) is 1. The van der Waals surface area contributed by atoms with Crippen LogP contribution >= 0.6 is 11.8 Å². The van der Waals surface area contributed by atoms with Gasteiger partial charge in [0.1, 0.15) is 0 Å². The quantitative estimate of drug-likeness (QED) is 0.810. The lowest BCUT2D eigenvalue weighted by Crippen LogP contribution is -2.40. The van der Waals surface area contributed by atoms with Crippen LogP contribution < -0.4 is 5.73 Å². The summed E-state index contributed by atoms with van der Waals surface area (Å²) in [5.41, 5.74) is 6.08. The van der Waals surface area contributed by atoms with Crippen LogP contribution in [0.3, 0.4) is 0 Å². The molecule has 0 spiro atoms. The first-order chi connectivity index (χ1) is 9.18. The van der Waals surface area contributed by atoms with Crippen molar-refractivity contribution in [1.29, 1.82) is 0 Å². The molecule has 0 atom stereocenters. The van der Waals surface area contributed by atoms with Crippen LogP contribution in [0.1, 0.15) is 64.1 Å². The van der Waals surface area contributed by atoms with E-state index in [4.69, 9.17) is 10.3 Å². The summed E-state index contributed by atoms with van der Waals surface area (Å²) in [6.45, 7) is 4.43. The van der Waals surface area contributed by atoms with Crippen LogP contribution in [0.25, 0.3) is 0 Å². The minimum absolute atomic E-state index is 0.383. The maximum Gasteiger partial charge on any atom is 0.246 e. The Balaban J connectivity index is 1.94. The van der Waals surface area contributed by atoms with Gasteiger partial charge in [-0.2, -0.15) is 16.7 Å². The van der Waals surface area contributed by atoms with Crippen LogP contribution in [-0.2, 0) is 11.3 Å². The number of aromatic nitrogens is 2. The van der Waals surface area contributed by atoms with Crippen LogP contribution in [0.4, 0.5) is 0 Å². The van der Waals surface area contributed by atoms with E-state index in [1.807, 2.05) is 11.8 Å². The van der Waals surface area contributed by atoms with E-state index >= 15 is 0 Å². The van der Waals surface area contributed by atoms with Gasteiger partial charge in [-0.25, -0.2) is 0 Å². The Morgan fingerprint density at radius 3 is 2.74 bits per heavy atom. The van der Waals surface area contributed by atoms with E-state index in [2.05, 4.69) is 24.0 Å². The average molecular weight is 283 g/mol. The molecule has 1 heterocycles. The van der Waals surface area contributed by atoms with Gasteiger partial charge in [-0.05, 0) is 43.8 Å². The molecule has 5 heteroatoms. The highest BCUT2D eigenvalue weighted by Gasteiger charge is 2.37. The van der Waals surface area contributed by atoms with Crippen molar-refractivity contribution in [3.05, 3.63) is 11.7 Å². The fourth-order valence-electron chi connectivity index (χ4n) is 2.64. The van der Waals surface area contributed by atoms with Gasteiger partial charge in [0.15, 0.2) is 5.82 Å². The highest BCUT2D eigenvalue weighted by molar-refractivity contribution is 7.98. The Labute approximate surface area is 119 Å². The molecule has 19 heavy (non-hydrogen) atoms. The van der Waals surface area contributed by atoms with Crippen molar-refractivity contribution in [3.8, 4) is 0 Å². The normalized spacial score (nSPS) is 27.6. The summed E-state index contributed by atoms with van der Waals surface area (Å²) in [7, 11) is 0. The van der Waals surface area contributed by atoms with E-state index in [-0.39, 0.29) is 5.54 Å². The van der Waals surface area contributed by atoms with Crippen LogP contribution in [-0.4, -0.2) is 15.9 Å². The number of hydrogen-bond donors (Lipinski definition) is 1. The maximum absolute atomic E-state index is 6.46. The van der Waals surface area contributed by atoms with Gasteiger partial charge in [-0.3, -0.25) is 0 Å². The highest BCUT2D eigenvalue weighted by Crippen LogP contribution is 2.37. The summed E-state index contributed by atoms with van der Waals surface area (Å²) in [5, 5.41) is 4.06. The molecule has 2 N–H and O–H groups in total. The zero-order chi connectivity index (χ0) is 13.7. The van der Waals surface area contributed by atoms with Crippen molar-refractivity contribution in [2.75, 3.05) is 5.75 Å². The Morgan fingerprint density at radius 2 is 2.11 bits per heavy atom. The van der Waals surface area contributed by atoms with Gasteiger partial charge < -0.3 is 10.3 Å². The first-order valence-corrected chi connectivity index (χ1v) is 8.53. The van der Waals surface area contributed by atoms with Crippen LogP contribution in [0.5, 0.6) is 0 Å². The van der Waals surface area contributed by atoms with Crippen LogP contribution in [0, 0.1) is 5.92 Å². The maximum atomic E-state index is 6.46. The first kappa shape index (κ1) is 14.9. The monoisotopic (exact) mass is 283 g/mol. The van der Waals surface area contributed by atoms with Crippen LogP contribution in [0.2, 0.25) is 0 Å². The molecule has 0 aromatic carbocycles. The van der Waals surface area contributed by atoms with Gasteiger partial charge in [-0.1, -0.05) is 25.4 Å². The Hall–Kier alpha value is -0.550. The van der Waals surface area contributed by atoms with Crippen molar-refractivity contribution in [1.82, 2.24) is 10.1 Å². The molecule has 0 unspecified atom stereocenters. The molecule has 108 valence electrons. The minimum Gasteiger partial charge on any atom is -0.337 e. The summed E-state index contributed by atoms with van der Waals surface area (Å²) in [6, 6.07) is 0. The molecule has 0 saturated heterocycles. The molecular weight excluding hydrogens is 258 g/mol. The molecule has 4 nitrogen and oxygen atoms in total. The number of hydrogen-bond acceptors (Lipinski definition) is 5. The van der Waals surface area contributed by atoms with E-state index < -0.39 is 0 Å². The molecule has 1 fully saturated rings. The molecule has 0 amide bonds. The Morgan fingerprint density at radius 1 is 1.37 bits per heavy atom. The van der Waals surface area contributed by atoms with E-state index in [0.29, 0.717) is 5.89 Å². The molecule has 1 saturated carbocycles. The van der Waals surface area contributed by atoms with Gasteiger partial charge in [0.25, 0.3) is 0 Å². The Kier molecular flexibility index (Phi) is 5.28. The largest absolute Gasteiger partial charge is 0.337 e. The molecule has 1 aliphatic rings. The zero-order valence-electron chi connectivity index (χ0n) is 12.0. The predicted octanol–water partition coefficient (Wildman–Crippen LogP) is 3.47. The SMILES string of the molecule is CCCSCc1noc(C2(N)CCC(CC)CC2)n1. The fraction of sp³-hybridized carbons (Fsp3) is 0.857. The van der Waals surface area contributed by atoms with Crippen molar-refractivity contribution < 1.29 is 4.52 Å². The molecule has 1 aromatic rings. The van der Waals surface area contributed by atoms with Crippen LogP contribution in [0.15, 0.2) is 4.52 Å². The summed E-state index contributed by atoms with van der Waals surface area (Å²) in [5.74, 6) is 4.21. The number of thioether (sulfide) groups is 1. The van der Waals surface area contributed by atoms with Crippen molar-refractivity contribution in [2.24, 2.45) is 11.7 Å². The van der Waals surface area contributed by atoms with Gasteiger partial charge >= 0.3 is 0 Å². The molecule has 1 aromatic heterocycles. The van der Waals surface area contributed by atoms with Crippen molar-refractivity contribution in [3.63, 3.8) is 0 Å². The minimum atomic E-state index is -0.383. The highest BCUT2D eigenvalue weighted by atomic mass is 32.2. The molecule has 0 bridgehead atoms. The lowest BCUT2D eigenvalue weighted by molar-refractivity contribution is 0.181. The second-order valence-electron chi connectivity index (χ2n) is 5.58. The lowest BCUT2D eigenvalue weighted by atomic mass is 9.76. The summed E-state index contributed by atoms with van der Waals surface area (Å²) in [6.07, 6.45) is 6.71. The van der Waals surface area contributed by atoms with E-state index in [1.54, 1.807) is 0 Å². The first-order valence-electron chi connectivity index (χ1n) is 7.37. The predicted molar refractivity (Wildman–Crippen MR) is 78.9 cm³/mol. The van der Waals surface area contributed by atoms with E-state index in [1.165, 1.54) is 25.7 Å². The fourth-order valence-corrected chi connectivity index (χ4v) is 3.37. The summed E-state index contributed by atoms with van der Waals surface area (Å²) < 4.78 is 5.41. The molecule has 0 radical (unpaired) electrons. The van der Waals surface area contributed by atoms with Crippen molar-refractivity contribution >= 4 is 11.8 Å². The second-order valence-corrected chi connectivity index (χ2v) is 6.68. The molecule has 0 aliphatic heterocycles. The van der Waals surface area contributed by atoms with E-state index in [9.17, 15) is 0 Å². The lowest BCUT2D eigenvalue weighted by Gasteiger charge is -2.33. The van der Waals surface area contributed by atoms with Crippen molar-refractivity contribution in [2.45, 2.75) is 63.7 Å². The van der Waals surface area contributed by atoms with Gasteiger partial charge in [-0.15, -0.1) is 0 Å². The summed E-state index contributed by atoms with van der Waals surface area (Å²) >= 11 is 1.84. The Bertz CT molecular complexity index is 386. The number of rotatable bonds is 6. The average Bonchev–Trinajstić information content (AvgIpc) is 2.90. The smallest absolute Gasteiger partial charge is 0.246 e. The standard InChI is InChI=1S/C14H25N3OS/c1-3-9-19-10-12-16-13(18-17-12)14(15)7-5-11(4-2)6-8-14/h11H,3-10,15H2,1-2H3.